The van der Waals surface area contributed by atoms with Crippen molar-refractivity contribution in [2.45, 2.75) is 13.3 Å². The number of phenols is 3. The number of aromatic nitrogens is 2. The molecule has 0 atom stereocenters. The molecule has 1 aromatic heterocycles. The second-order valence-electron chi connectivity index (χ2n) is 11.7. The van der Waals surface area contributed by atoms with Crippen LogP contribution in [-0.2, 0) is 0 Å². The summed E-state index contributed by atoms with van der Waals surface area (Å²) in [6.07, 6.45) is -0.235. The Bertz CT molecular complexity index is 2340. The number of ketones is 3. The number of hydrogen-bond donors (Lipinski definition) is 6. The maximum atomic E-state index is 11.9. The molecule has 0 amide bonds. The highest BCUT2D eigenvalue weighted by atomic mass is 35.5. The predicted molar refractivity (Wildman–Crippen MR) is 222 cm³/mol. The van der Waals surface area contributed by atoms with E-state index in [4.69, 9.17) is 16.7 Å². The normalized spacial score (nSPS) is 9.61. The number of benzene rings is 6. The zero-order valence-electron chi connectivity index (χ0n) is 30.8. The van der Waals surface area contributed by atoms with Gasteiger partial charge in [0.2, 0.25) is 0 Å². The van der Waals surface area contributed by atoms with Crippen LogP contribution in [0.3, 0.4) is 0 Å². The number of hydrogen-bond acceptors (Lipinski definition) is 10. The van der Waals surface area contributed by atoms with Crippen LogP contribution in [0.15, 0.2) is 170 Å². The van der Waals surface area contributed by atoms with Gasteiger partial charge in [0.1, 0.15) is 17.2 Å². The number of aromatic amines is 1. The van der Waals surface area contributed by atoms with Gasteiger partial charge in [-0.15, -0.1) is 0 Å². The number of para-hydroxylation sites is 3. The molecule has 8 N–H and O–H groups in total. The summed E-state index contributed by atoms with van der Waals surface area (Å²) >= 11 is 5.16. The summed E-state index contributed by atoms with van der Waals surface area (Å²) in [6, 6.07) is 49.2. The van der Waals surface area contributed by atoms with E-state index in [1.54, 1.807) is 91.0 Å². The van der Waals surface area contributed by atoms with Crippen molar-refractivity contribution in [1.82, 2.24) is 10.2 Å². The van der Waals surface area contributed by atoms with E-state index >= 15 is 0 Å². The van der Waals surface area contributed by atoms with Gasteiger partial charge in [-0.2, -0.15) is 5.10 Å². The Morgan fingerprint density at radius 1 is 0.561 bits per heavy atom. The van der Waals surface area contributed by atoms with Gasteiger partial charge in [0.25, 0.3) is 5.24 Å². The van der Waals surface area contributed by atoms with Crippen LogP contribution in [0.4, 0.5) is 0 Å². The van der Waals surface area contributed by atoms with Crippen LogP contribution in [-0.4, -0.2) is 48.1 Å². The Morgan fingerprint density at radius 3 is 1.46 bits per heavy atom. The Hall–Kier alpha value is -7.18. The highest BCUT2D eigenvalue weighted by Gasteiger charge is 2.16. The van der Waals surface area contributed by atoms with E-state index in [-0.39, 0.29) is 46.6 Å². The molecular formula is C45H41ClN4O7. The number of nitrogens with one attached hydrogen (secondary N) is 1. The lowest BCUT2D eigenvalue weighted by Crippen LogP contribution is -2.08. The first-order valence-corrected chi connectivity index (χ1v) is 17.6. The number of H-pyrrole nitrogens is 1. The standard InChI is InChI=1S/C15H12N2O.C15H12O3.C8H8O2.C7H5ClO.H4N2/c18-15-9-5-4-8-12(15)14-10-13(16-17-14)11-6-2-1-3-7-11;16-13-9-5-4-8-12(13)15(18)10-14(17)11-6-2-1-3-7-11;1-6(9)7-4-2-3-5-8(7)10;8-7(9)6-4-2-1-3-5-6;1-2/h1-10,18H,(H,16,17);1-9,16H,10H2;2-5,10H,1H3;1-5H;1-2H2. The third-order valence-corrected chi connectivity index (χ3v) is 7.97. The van der Waals surface area contributed by atoms with Crippen molar-refractivity contribution >= 4 is 34.2 Å². The summed E-state index contributed by atoms with van der Waals surface area (Å²) in [5.41, 5.74) is 5.09. The molecule has 0 saturated heterocycles. The van der Waals surface area contributed by atoms with Gasteiger partial charge in [-0.25, -0.2) is 0 Å². The molecule has 0 spiro atoms. The minimum atomic E-state index is -0.407. The third-order valence-electron chi connectivity index (χ3n) is 7.75. The van der Waals surface area contributed by atoms with E-state index in [9.17, 15) is 29.4 Å². The molecule has 7 rings (SSSR count). The quantitative estimate of drug-likeness (QED) is 0.0284. The number of hydrazine groups is 1. The van der Waals surface area contributed by atoms with E-state index in [1.807, 2.05) is 60.7 Å². The second kappa shape index (κ2) is 23.6. The molecule has 6 aromatic carbocycles. The van der Waals surface area contributed by atoms with Crippen molar-refractivity contribution in [2.75, 3.05) is 0 Å². The second-order valence-corrected chi connectivity index (χ2v) is 12.0. The molecule has 0 aliphatic rings. The fourth-order valence-corrected chi connectivity index (χ4v) is 5.06. The predicted octanol–water partition coefficient (Wildman–Crippen LogP) is 8.78. The Morgan fingerprint density at radius 2 is 1.00 bits per heavy atom. The van der Waals surface area contributed by atoms with Gasteiger partial charge in [-0.3, -0.25) is 36.0 Å². The average molecular weight is 785 g/mol. The van der Waals surface area contributed by atoms with Crippen molar-refractivity contribution in [3.63, 3.8) is 0 Å². The van der Waals surface area contributed by atoms with Gasteiger partial charge in [0.05, 0.1) is 28.9 Å². The monoisotopic (exact) mass is 784 g/mol. The van der Waals surface area contributed by atoms with Crippen LogP contribution in [0.5, 0.6) is 17.2 Å². The van der Waals surface area contributed by atoms with Crippen LogP contribution >= 0.6 is 11.6 Å². The Kier molecular flexibility index (Phi) is 18.3. The average Bonchev–Trinajstić information content (AvgIpc) is 3.74. The Balaban J connectivity index is 0.000000209. The maximum Gasteiger partial charge on any atom is 0.252 e. The lowest BCUT2D eigenvalue weighted by molar-refractivity contribution is 0.0891. The molecule has 0 unspecified atom stereocenters. The van der Waals surface area contributed by atoms with Crippen LogP contribution < -0.4 is 11.7 Å². The van der Waals surface area contributed by atoms with Crippen molar-refractivity contribution in [3.8, 4) is 39.8 Å². The maximum absolute atomic E-state index is 11.9. The molecule has 1 heterocycles. The van der Waals surface area contributed by atoms with Crippen molar-refractivity contribution < 1.29 is 34.5 Å². The summed E-state index contributed by atoms with van der Waals surface area (Å²) in [7, 11) is 0. The van der Waals surface area contributed by atoms with Gasteiger partial charge in [-0.05, 0) is 61.0 Å². The number of nitrogens with zero attached hydrogens (tertiary/aromatic N) is 1. The fourth-order valence-electron chi connectivity index (χ4n) is 4.94. The fraction of sp³-hybridized carbons (Fsp3) is 0.0444. The van der Waals surface area contributed by atoms with Gasteiger partial charge in [0.15, 0.2) is 17.3 Å². The van der Waals surface area contributed by atoms with E-state index in [0.717, 1.165) is 22.5 Å². The molecule has 0 saturated carbocycles. The summed E-state index contributed by atoms with van der Waals surface area (Å²) in [6.45, 7) is 1.43. The molecule has 0 aliphatic heterocycles. The minimum absolute atomic E-state index is 0.0509. The lowest BCUT2D eigenvalue weighted by atomic mass is 10.0. The highest BCUT2D eigenvalue weighted by molar-refractivity contribution is 6.67. The number of carbonyl (C=O) groups excluding carboxylic acids is 4. The largest absolute Gasteiger partial charge is 0.507 e. The first kappa shape index (κ1) is 44.2. The molecule has 0 aliphatic carbocycles. The van der Waals surface area contributed by atoms with E-state index in [2.05, 4.69) is 21.9 Å². The van der Waals surface area contributed by atoms with E-state index < -0.39 is 5.24 Å². The smallest absolute Gasteiger partial charge is 0.252 e. The first-order valence-electron chi connectivity index (χ1n) is 17.2. The minimum Gasteiger partial charge on any atom is -0.507 e. The molecule has 7 aromatic rings. The summed E-state index contributed by atoms with van der Waals surface area (Å²) in [5, 5.41) is 35.2. The zero-order valence-corrected chi connectivity index (χ0v) is 31.6. The molecule has 0 fully saturated rings. The van der Waals surface area contributed by atoms with Crippen LogP contribution in [0.1, 0.15) is 54.8 Å². The number of phenolic OH excluding ortho intramolecular Hbond substituents is 3. The summed E-state index contributed by atoms with van der Waals surface area (Å²) < 4.78 is 0. The van der Waals surface area contributed by atoms with Crippen LogP contribution in [0.2, 0.25) is 0 Å². The number of Topliss-reactive ketones (excluding diaryl/α,β-unsaturated/α-hetero) is 3. The number of nitrogens with two attached hydrogens (primary N) is 2. The number of carbonyl (C=O) groups is 4. The molecule has 290 valence electrons. The lowest BCUT2D eigenvalue weighted by Gasteiger charge is -2.03. The van der Waals surface area contributed by atoms with Crippen LogP contribution in [0.25, 0.3) is 22.5 Å². The summed E-state index contributed by atoms with van der Waals surface area (Å²) in [4.78, 5) is 44.8. The van der Waals surface area contributed by atoms with Gasteiger partial charge in [0, 0.05) is 22.3 Å². The van der Waals surface area contributed by atoms with Crippen molar-refractivity contribution in [2.24, 2.45) is 11.7 Å². The SMILES string of the molecule is CC(=O)c1ccccc1O.NN.O=C(CC(=O)c1ccccc1O)c1ccccc1.O=C(Cl)c1ccccc1.Oc1ccccc1-c1cc(-c2ccccc2)n[nH]1. The Labute approximate surface area is 334 Å². The molecule has 0 radical (unpaired) electrons. The molecule has 57 heavy (non-hydrogen) atoms. The van der Waals surface area contributed by atoms with Gasteiger partial charge in [-0.1, -0.05) is 127 Å². The molecule has 0 bridgehead atoms. The van der Waals surface area contributed by atoms with Gasteiger partial charge < -0.3 is 15.3 Å². The van der Waals surface area contributed by atoms with E-state index in [0.29, 0.717) is 16.7 Å². The summed E-state index contributed by atoms with van der Waals surface area (Å²) in [5.74, 6) is 7.48. The van der Waals surface area contributed by atoms with Crippen LogP contribution in [0, 0.1) is 0 Å². The van der Waals surface area contributed by atoms with Gasteiger partial charge >= 0.3 is 0 Å². The first-order chi connectivity index (χ1) is 27.5. The topological polar surface area (TPSA) is 210 Å². The molecular weight excluding hydrogens is 744 g/mol. The molecule has 12 heteroatoms. The van der Waals surface area contributed by atoms with E-state index in [1.165, 1.54) is 25.1 Å². The zero-order chi connectivity index (χ0) is 41.6. The van der Waals surface area contributed by atoms with Crippen molar-refractivity contribution in [1.29, 1.82) is 0 Å². The number of halogens is 1. The van der Waals surface area contributed by atoms with Crippen molar-refractivity contribution in [3.05, 3.63) is 192 Å². The molecule has 11 nitrogen and oxygen atoms in total. The highest BCUT2D eigenvalue weighted by Crippen LogP contribution is 2.29. The number of rotatable bonds is 8. The third kappa shape index (κ3) is 14.2. The number of aromatic hydroxyl groups is 3.